The first-order valence-electron chi connectivity index (χ1n) is 16.6. The number of amides is 2. The Labute approximate surface area is 279 Å². The summed E-state index contributed by atoms with van der Waals surface area (Å²) in [6.45, 7) is 3.93. The number of aliphatic hydroxyl groups is 5. The van der Waals surface area contributed by atoms with Crippen molar-refractivity contribution in [2.24, 2.45) is 11.8 Å². The first kappa shape index (κ1) is 37.2. The summed E-state index contributed by atoms with van der Waals surface area (Å²) < 4.78 is 26.1. The van der Waals surface area contributed by atoms with Crippen LogP contribution in [0.4, 0.5) is 10.3 Å². The molecule has 15 heteroatoms. The van der Waals surface area contributed by atoms with Gasteiger partial charge in [0, 0.05) is 38.8 Å². The van der Waals surface area contributed by atoms with Crippen molar-refractivity contribution in [1.82, 2.24) is 20.2 Å². The van der Waals surface area contributed by atoms with E-state index in [1.54, 1.807) is 18.5 Å². The van der Waals surface area contributed by atoms with Crippen molar-refractivity contribution < 1.29 is 49.0 Å². The van der Waals surface area contributed by atoms with Gasteiger partial charge in [-0.2, -0.15) is 0 Å². The van der Waals surface area contributed by atoms with Gasteiger partial charge in [-0.1, -0.05) is 6.07 Å². The van der Waals surface area contributed by atoms with Gasteiger partial charge in [0.25, 0.3) is 0 Å². The standard InChI is InChI=1S/C33H48FN5O9/c1-2-47-25-16-36-33(37-17-25)38-10-7-21(8-11-38)4-3-13-48-24-6-5-22(26(34)15-24)14-29(43)39-12-9-23(19-39)32(46)35-18-27(41)30(44)31(45)28(42)20-40/h5-6,15-17,21,23,27-28,30-31,40-42,44-45H,2-4,7-14,18-20H2,1H3,(H,35,46)/t23-,27?,28?,30?,31?/m0/s1. The molecular formula is C33H48FN5O9. The van der Waals surface area contributed by atoms with E-state index in [1.165, 1.54) is 17.0 Å². The number of aliphatic hydroxyl groups excluding tert-OH is 5. The number of anilines is 1. The third kappa shape index (κ3) is 10.4. The Balaban J connectivity index is 1.12. The lowest BCUT2D eigenvalue weighted by molar-refractivity contribution is -0.131. The number of hydrogen-bond donors (Lipinski definition) is 6. The second-order valence-electron chi connectivity index (χ2n) is 12.4. The van der Waals surface area contributed by atoms with Gasteiger partial charge in [0.2, 0.25) is 17.8 Å². The van der Waals surface area contributed by atoms with Crippen LogP contribution in [0.5, 0.6) is 11.5 Å². The summed E-state index contributed by atoms with van der Waals surface area (Å²) in [6.07, 6.45) is 0.686. The molecule has 2 aliphatic heterocycles. The lowest BCUT2D eigenvalue weighted by Crippen LogP contribution is -2.50. The zero-order valence-electron chi connectivity index (χ0n) is 27.3. The lowest BCUT2D eigenvalue weighted by atomic mass is 9.92. The highest BCUT2D eigenvalue weighted by Crippen LogP contribution is 2.26. The van der Waals surface area contributed by atoms with Crippen molar-refractivity contribution in [1.29, 1.82) is 0 Å². The molecular weight excluding hydrogens is 629 g/mol. The van der Waals surface area contributed by atoms with Crippen LogP contribution in [0.25, 0.3) is 0 Å². The van der Waals surface area contributed by atoms with Crippen LogP contribution in [-0.2, 0) is 16.0 Å². The van der Waals surface area contributed by atoms with E-state index in [0.717, 1.165) is 38.8 Å². The number of carbonyl (C=O) groups is 2. The largest absolute Gasteiger partial charge is 0.493 e. The van der Waals surface area contributed by atoms with Crippen LogP contribution in [0.1, 0.15) is 44.6 Å². The maximum Gasteiger partial charge on any atom is 0.227 e. The normalized spacial score (nSPS) is 19.4. The minimum Gasteiger partial charge on any atom is -0.493 e. The summed E-state index contributed by atoms with van der Waals surface area (Å²) >= 11 is 0. The van der Waals surface area contributed by atoms with Crippen LogP contribution in [-0.4, -0.2) is 129 Å². The summed E-state index contributed by atoms with van der Waals surface area (Å²) in [6, 6.07) is 4.47. The molecule has 48 heavy (non-hydrogen) atoms. The van der Waals surface area contributed by atoms with Crippen LogP contribution >= 0.6 is 0 Å². The van der Waals surface area contributed by atoms with E-state index >= 15 is 0 Å². The van der Waals surface area contributed by atoms with Crippen LogP contribution in [0.2, 0.25) is 0 Å². The Morgan fingerprint density at radius 1 is 1.00 bits per heavy atom. The van der Waals surface area contributed by atoms with E-state index in [4.69, 9.17) is 14.6 Å². The monoisotopic (exact) mass is 677 g/mol. The molecule has 2 saturated heterocycles. The SMILES string of the molecule is CCOc1cnc(N2CCC(CCCOc3ccc(CC(=O)N4CC[C@H](C(=O)NCC(O)C(O)C(O)C(O)CO)C4)c(F)c3)CC2)nc1. The number of hydrogen-bond acceptors (Lipinski definition) is 12. The third-order valence-electron chi connectivity index (χ3n) is 8.94. The molecule has 0 spiro atoms. The van der Waals surface area contributed by atoms with Gasteiger partial charge >= 0.3 is 0 Å². The van der Waals surface area contributed by atoms with Gasteiger partial charge in [-0.3, -0.25) is 9.59 Å². The number of carbonyl (C=O) groups excluding carboxylic acids is 2. The first-order chi connectivity index (χ1) is 23.1. The van der Waals surface area contributed by atoms with E-state index in [1.807, 2.05) is 6.92 Å². The average Bonchev–Trinajstić information content (AvgIpc) is 3.61. The zero-order valence-corrected chi connectivity index (χ0v) is 27.3. The fourth-order valence-electron chi connectivity index (χ4n) is 5.97. The van der Waals surface area contributed by atoms with Gasteiger partial charge in [-0.15, -0.1) is 0 Å². The molecule has 0 aliphatic carbocycles. The molecule has 2 amide bonds. The lowest BCUT2D eigenvalue weighted by Gasteiger charge is -2.32. The molecule has 1 aromatic carbocycles. The second-order valence-corrected chi connectivity index (χ2v) is 12.4. The minimum atomic E-state index is -1.80. The maximum absolute atomic E-state index is 14.9. The highest BCUT2D eigenvalue weighted by atomic mass is 19.1. The fraction of sp³-hybridized carbons (Fsp3) is 0.636. The molecule has 2 fully saturated rings. The van der Waals surface area contributed by atoms with Crippen LogP contribution < -0.4 is 19.7 Å². The quantitative estimate of drug-likeness (QED) is 0.123. The molecule has 266 valence electrons. The average molecular weight is 678 g/mol. The van der Waals surface area contributed by atoms with Crippen molar-refractivity contribution in [3.05, 3.63) is 42.0 Å². The third-order valence-corrected chi connectivity index (χ3v) is 8.94. The number of piperidine rings is 1. The Hall–Kier alpha value is -3.63. The summed E-state index contributed by atoms with van der Waals surface area (Å²) in [7, 11) is 0. The molecule has 14 nitrogen and oxygen atoms in total. The molecule has 0 saturated carbocycles. The number of rotatable bonds is 17. The van der Waals surface area contributed by atoms with E-state index < -0.39 is 55.2 Å². The smallest absolute Gasteiger partial charge is 0.227 e. The van der Waals surface area contributed by atoms with Crippen molar-refractivity contribution in [2.75, 3.05) is 57.4 Å². The summed E-state index contributed by atoms with van der Waals surface area (Å²) in [5.74, 6) is 0.462. The molecule has 2 aliphatic rings. The number of ether oxygens (including phenoxy) is 2. The Morgan fingerprint density at radius 2 is 1.71 bits per heavy atom. The van der Waals surface area contributed by atoms with Gasteiger partial charge < -0.3 is 50.1 Å². The van der Waals surface area contributed by atoms with E-state index in [9.17, 15) is 34.4 Å². The predicted molar refractivity (Wildman–Crippen MR) is 172 cm³/mol. The first-order valence-corrected chi connectivity index (χ1v) is 16.6. The molecule has 4 rings (SSSR count). The van der Waals surface area contributed by atoms with Crippen molar-refractivity contribution >= 4 is 17.8 Å². The van der Waals surface area contributed by atoms with Gasteiger partial charge in [0.05, 0.1) is 50.7 Å². The van der Waals surface area contributed by atoms with Gasteiger partial charge in [0.15, 0.2) is 5.75 Å². The second kappa shape index (κ2) is 18.2. The maximum atomic E-state index is 14.9. The molecule has 3 heterocycles. The van der Waals surface area contributed by atoms with Gasteiger partial charge in [-0.25, -0.2) is 14.4 Å². The Bertz CT molecular complexity index is 1310. The predicted octanol–water partition coefficient (Wildman–Crippen LogP) is 0.0331. The van der Waals surface area contributed by atoms with Crippen LogP contribution in [0.3, 0.4) is 0 Å². The van der Waals surface area contributed by atoms with Crippen LogP contribution in [0.15, 0.2) is 30.6 Å². The molecule has 1 aromatic heterocycles. The fourth-order valence-corrected chi connectivity index (χ4v) is 5.97. The molecule has 6 N–H and O–H groups in total. The van der Waals surface area contributed by atoms with Gasteiger partial charge in [0.1, 0.15) is 29.9 Å². The van der Waals surface area contributed by atoms with Crippen molar-refractivity contribution in [3.8, 4) is 11.5 Å². The van der Waals surface area contributed by atoms with E-state index in [2.05, 4.69) is 20.2 Å². The highest BCUT2D eigenvalue weighted by molar-refractivity contribution is 5.83. The Kier molecular flexibility index (Phi) is 14.1. The van der Waals surface area contributed by atoms with Crippen molar-refractivity contribution in [3.63, 3.8) is 0 Å². The molecule has 5 atom stereocenters. The Morgan fingerprint density at radius 3 is 2.38 bits per heavy atom. The zero-order chi connectivity index (χ0) is 34.6. The number of aromatic nitrogens is 2. The molecule has 0 bridgehead atoms. The number of halogens is 1. The number of nitrogens with one attached hydrogen (secondary N) is 1. The van der Waals surface area contributed by atoms with Crippen molar-refractivity contribution in [2.45, 2.75) is 69.9 Å². The molecule has 4 unspecified atom stereocenters. The topological polar surface area (TPSA) is 198 Å². The summed E-state index contributed by atoms with van der Waals surface area (Å²) in [5.41, 5.74) is 0.226. The molecule has 0 radical (unpaired) electrons. The summed E-state index contributed by atoms with van der Waals surface area (Å²) in [4.78, 5) is 37.9. The number of nitrogens with zero attached hydrogens (tertiary/aromatic N) is 4. The number of benzene rings is 1. The van der Waals surface area contributed by atoms with Gasteiger partial charge in [-0.05, 0) is 56.6 Å². The number of likely N-dealkylation sites (tertiary alicyclic amines) is 1. The minimum absolute atomic E-state index is 0.117. The highest BCUT2D eigenvalue weighted by Gasteiger charge is 2.33. The van der Waals surface area contributed by atoms with Crippen LogP contribution in [0, 0.1) is 17.7 Å². The van der Waals surface area contributed by atoms with E-state index in [0.29, 0.717) is 49.5 Å². The summed E-state index contributed by atoms with van der Waals surface area (Å²) in [5, 5.41) is 50.4. The molecule has 2 aromatic rings. The van der Waals surface area contributed by atoms with E-state index in [-0.39, 0.29) is 24.4 Å².